The van der Waals surface area contributed by atoms with E-state index in [1.54, 1.807) is 6.07 Å². The monoisotopic (exact) mass is 304 g/mol. The van der Waals surface area contributed by atoms with E-state index in [1.807, 2.05) is 19.3 Å². The molecule has 0 bridgehead atoms. The van der Waals surface area contributed by atoms with Crippen molar-refractivity contribution < 1.29 is 4.39 Å². The molecule has 1 heterocycles. The first-order valence-electron chi connectivity index (χ1n) is 7.24. The molecule has 0 spiro atoms. The Balaban J connectivity index is 1.83. The molecule has 1 aliphatic carbocycles. The summed E-state index contributed by atoms with van der Waals surface area (Å²) in [6.45, 7) is 0. The van der Waals surface area contributed by atoms with Crippen LogP contribution in [0.25, 0.3) is 0 Å². The summed E-state index contributed by atoms with van der Waals surface area (Å²) in [5, 5.41) is 3.88. The lowest BCUT2D eigenvalue weighted by Gasteiger charge is -2.24. The fraction of sp³-hybridized carbons (Fsp3) is 0.353. The maximum Gasteiger partial charge on any atom is 0.124 e. The van der Waals surface area contributed by atoms with Gasteiger partial charge in [-0.25, -0.2) is 4.39 Å². The molecule has 1 aromatic heterocycles. The number of aryl methyl sites for hydroxylation is 1. The number of hydrogen-bond donors (Lipinski definition) is 1. The smallest absolute Gasteiger partial charge is 0.124 e. The molecule has 4 heteroatoms. The summed E-state index contributed by atoms with van der Waals surface area (Å²) >= 11 is 6.15. The third-order valence-corrected chi connectivity index (χ3v) is 4.67. The maximum absolute atomic E-state index is 13.2. The van der Waals surface area contributed by atoms with Crippen molar-refractivity contribution >= 4 is 11.6 Å². The van der Waals surface area contributed by atoms with Gasteiger partial charge in [-0.1, -0.05) is 23.7 Å². The van der Waals surface area contributed by atoms with Crippen molar-refractivity contribution in [1.82, 2.24) is 10.3 Å². The zero-order chi connectivity index (χ0) is 14.8. The van der Waals surface area contributed by atoms with Gasteiger partial charge in [0, 0.05) is 28.9 Å². The maximum atomic E-state index is 13.2. The normalized spacial score (nSPS) is 18.5. The average molecular weight is 305 g/mol. The minimum absolute atomic E-state index is 0.254. The number of nitrogens with one attached hydrogen (secondary N) is 1. The van der Waals surface area contributed by atoms with Crippen LogP contribution >= 0.6 is 11.6 Å². The van der Waals surface area contributed by atoms with Gasteiger partial charge < -0.3 is 5.32 Å². The Kier molecular flexibility index (Phi) is 4.22. The van der Waals surface area contributed by atoms with Gasteiger partial charge in [-0.3, -0.25) is 4.98 Å². The number of nitrogens with zero attached hydrogens (tertiary/aromatic N) is 1. The molecule has 0 amide bonds. The average Bonchev–Trinajstić information content (AvgIpc) is 2.91. The van der Waals surface area contributed by atoms with Crippen molar-refractivity contribution in [3.63, 3.8) is 0 Å². The van der Waals surface area contributed by atoms with Crippen molar-refractivity contribution in [2.24, 2.45) is 0 Å². The van der Waals surface area contributed by atoms with Crippen LogP contribution < -0.4 is 5.32 Å². The molecule has 2 aromatic rings. The molecule has 0 aliphatic heterocycles. The van der Waals surface area contributed by atoms with Crippen molar-refractivity contribution in [2.45, 2.75) is 31.2 Å². The van der Waals surface area contributed by atoms with Gasteiger partial charge in [-0.05, 0) is 55.6 Å². The summed E-state index contributed by atoms with van der Waals surface area (Å²) in [7, 11) is 1.96. The van der Waals surface area contributed by atoms with Gasteiger partial charge in [-0.2, -0.15) is 0 Å². The third kappa shape index (κ3) is 2.94. The molecule has 1 aromatic carbocycles. The zero-order valence-electron chi connectivity index (χ0n) is 11.9. The predicted octanol–water partition coefficient (Wildman–Crippen LogP) is 3.73. The Morgan fingerprint density at radius 3 is 3.05 bits per heavy atom. The molecule has 2 unspecified atom stereocenters. The third-order valence-electron chi connectivity index (χ3n) is 4.31. The molecule has 0 radical (unpaired) electrons. The van der Waals surface area contributed by atoms with Crippen LogP contribution in [0.15, 0.2) is 36.5 Å². The largest absolute Gasteiger partial charge is 0.316 e. The topological polar surface area (TPSA) is 24.9 Å². The number of hydrogen-bond acceptors (Lipinski definition) is 2. The number of benzene rings is 1. The van der Waals surface area contributed by atoms with E-state index in [1.165, 1.54) is 23.4 Å². The van der Waals surface area contributed by atoms with E-state index in [0.717, 1.165) is 24.8 Å². The van der Waals surface area contributed by atoms with Crippen LogP contribution in [0.5, 0.6) is 0 Å². The number of fused-ring (bicyclic) bond motifs is 1. The molecule has 21 heavy (non-hydrogen) atoms. The molecule has 1 aliphatic rings. The van der Waals surface area contributed by atoms with E-state index < -0.39 is 0 Å². The minimum atomic E-state index is -0.294. The summed E-state index contributed by atoms with van der Waals surface area (Å²) in [5.74, 6) is 0.0879. The fourth-order valence-corrected chi connectivity index (χ4v) is 3.45. The lowest BCUT2D eigenvalue weighted by atomic mass is 9.91. The fourth-order valence-electron chi connectivity index (χ4n) is 3.21. The molecule has 3 rings (SSSR count). The van der Waals surface area contributed by atoms with Gasteiger partial charge in [0.1, 0.15) is 5.82 Å². The number of aromatic nitrogens is 1. The lowest BCUT2D eigenvalue weighted by molar-refractivity contribution is 0.450. The summed E-state index contributed by atoms with van der Waals surface area (Å²) < 4.78 is 13.2. The summed E-state index contributed by atoms with van der Waals surface area (Å²) in [5.41, 5.74) is 3.50. The molecule has 0 fully saturated rings. The molecular formula is C17H18ClFN2. The SMILES string of the molecule is CNC(Cc1ccc(F)cc1Cl)C1CCc2cccnc21. The molecule has 2 atom stereocenters. The highest BCUT2D eigenvalue weighted by Crippen LogP contribution is 2.35. The first kappa shape index (κ1) is 14.5. The van der Waals surface area contributed by atoms with Crippen LogP contribution in [0, 0.1) is 5.82 Å². The zero-order valence-corrected chi connectivity index (χ0v) is 12.7. The highest BCUT2D eigenvalue weighted by molar-refractivity contribution is 6.31. The van der Waals surface area contributed by atoms with E-state index >= 15 is 0 Å². The van der Waals surface area contributed by atoms with Crippen LogP contribution in [-0.4, -0.2) is 18.1 Å². The minimum Gasteiger partial charge on any atom is -0.316 e. The lowest BCUT2D eigenvalue weighted by Crippen LogP contribution is -2.33. The summed E-state index contributed by atoms with van der Waals surface area (Å²) in [6, 6.07) is 9.02. The second-order valence-electron chi connectivity index (χ2n) is 5.53. The number of rotatable bonds is 4. The summed E-state index contributed by atoms with van der Waals surface area (Å²) in [4.78, 5) is 4.55. The Morgan fingerprint density at radius 2 is 2.29 bits per heavy atom. The van der Waals surface area contributed by atoms with Gasteiger partial charge in [-0.15, -0.1) is 0 Å². The second-order valence-corrected chi connectivity index (χ2v) is 5.94. The van der Waals surface area contributed by atoms with E-state index in [4.69, 9.17) is 11.6 Å². The van der Waals surface area contributed by atoms with Crippen molar-refractivity contribution in [2.75, 3.05) is 7.05 Å². The van der Waals surface area contributed by atoms with Gasteiger partial charge >= 0.3 is 0 Å². The molecule has 110 valence electrons. The number of halogens is 2. The van der Waals surface area contributed by atoms with Crippen LogP contribution in [0.2, 0.25) is 5.02 Å². The summed E-state index contributed by atoms with van der Waals surface area (Å²) in [6.07, 6.45) is 4.80. The number of likely N-dealkylation sites (N-methyl/N-ethyl adjacent to an activating group) is 1. The van der Waals surface area contributed by atoms with E-state index in [9.17, 15) is 4.39 Å². The molecule has 0 saturated carbocycles. The first-order valence-corrected chi connectivity index (χ1v) is 7.62. The second kappa shape index (κ2) is 6.12. The molecule has 0 saturated heterocycles. The van der Waals surface area contributed by atoms with Crippen molar-refractivity contribution in [3.8, 4) is 0 Å². The van der Waals surface area contributed by atoms with Crippen LogP contribution in [-0.2, 0) is 12.8 Å². The van der Waals surface area contributed by atoms with Crippen LogP contribution in [0.3, 0.4) is 0 Å². The van der Waals surface area contributed by atoms with E-state index in [-0.39, 0.29) is 11.9 Å². The van der Waals surface area contributed by atoms with Gasteiger partial charge in [0.25, 0.3) is 0 Å². The Bertz CT molecular complexity index is 644. The Labute approximate surface area is 129 Å². The van der Waals surface area contributed by atoms with Gasteiger partial charge in [0.05, 0.1) is 0 Å². The standard InChI is InChI=1S/C17H18ClFN2/c1-20-16(9-12-4-6-13(19)10-15(12)18)14-7-5-11-3-2-8-21-17(11)14/h2-4,6,8,10,14,16,20H,5,7,9H2,1H3. The molecule has 2 nitrogen and oxygen atoms in total. The Hall–Kier alpha value is -1.45. The molecular weight excluding hydrogens is 287 g/mol. The highest BCUT2D eigenvalue weighted by atomic mass is 35.5. The first-order chi connectivity index (χ1) is 10.2. The van der Waals surface area contributed by atoms with Gasteiger partial charge in [0.2, 0.25) is 0 Å². The highest BCUT2D eigenvalue weighted by Gasteiger charge is 2.30. The Morgan fingerprint density at radius 1 is 1.43 bits per heavy atom. The predicted molar refractivity (Wildman–Crippen MR) is 83.3 cm³/mol. The number of pyridine rings is 1. The van der Waals surface area contributed by atoms with Crippen molar-refractivity contribution in [3.05, 3.63) is 64.2 Å². The quantitative estimate of drug-likeness (QED) is 0.931. The van der Waals surface area contributed by atoms with Gasteiger partial charge in [0.15, 0.2) is 0 Å². The van der Waals surface area contributed by atoms with Crippen LogP contribution in [0.1, 0.15) is 29.2 Å². The van der Waals surface area contributed by atoms with E-state index in [2.05, 4.69) is 16.4 Å². The van der Waals surface area contributed by atoms with E-state index in [0.29, 0.717) is 10.9 Å². The van der Waals surface area contributed by atoms with Crippen LogP contribution in [0.4, 0.5) is 4.39 Å². The van der Waals surface area contributed by atoms with Crippen molar-refractivity contribution in [1.29, 1.82) is 0 Å². The molecule has 1 N–H and O–H groups in total.